The first-order valence-corrected chi connectivity index (χ1v) is 8.24. The van der Waals surface area contributed by atoms with E-state index < -0.39 is 0 Å². The zero-order valence-corrected chi connectivity index (χ0v) is 16.9. The maximum absolute atomic E-state index is 5.40. The van der Waals surface area contributed by atoms with Crippen molar-refractivity contribution in [1.29, 1.82) is 0 Å². The second kappa shape index (κ2) is 8.41. The Balaban J connectivity index is 4.02. The highest BCUT2D eigenvalue weighted by Gasteiger charge is 2.25. The van der Waals surface area contributed by atoms with Crippen LogP contribution in [0.15, 0.2) is 0 Å². The van der Waals surface area contributed by atoms with E-state index >= 15 is 0 Å². The first-order valence-electron chi connectivity index (χ1n) is 6.24. The Morgan fingerprint density at radius 2 is 1.06 bits per heavy atom. The molecule has 5 nitrogen and oxygen atoms in total. The van der Waals surface area contributed by atoms with Gasteiger partial charge in [-0.05, 0) is 7.05 Å². The maximum atomic E-state index is 5.40. The molecule has 7 heteroatoms. The Hall–Kier alpha value is 0.234. The molecule has 0 saturated heterocycles. The van der Waals surface area contributed by atoms with E-state index in [1.165, 1.54) is 0 Å². The molecule has 0 unspecified atom stereocenters. The molecule has 0 N–H and O–H groups in total. The van der Waals surface area contributed by atoms with Gasteiger partial charge in [0.05, 0.1) is 20.5 Å². The summed E-state index contributed by atoms with van der Waals surface area (Å²) in [4.78, 5) is 2.26. The summed E-state index contributed by atoms with van der Waals surface area (Å²) < 4.78 is 21.6. The fourth-order valence-electron chi connectivity index (χ4n) is 1.47. The second-order valence-electron chi connectivity index (χ2n) is 4.89. The van der Waals surface area contributed by atoms with E-state index in [9.17, 15) is 0 Å². The third-order valence-electron chi connectivity index (χ3n) is 3.62. The zero-order chi connectivity index (χ0) is 14.2. The van der Waals surface area contributed by atoms with Crippen LogP contribution >= 0.6 is 0 Å². The van der Waals surface area contributed by atoms with Crippen molar-refractivity contribution in [1.82, 2.24) is 4.90 Å². The molecule has 0 bridgehead atoms. The van der Waals surface area contributed by atoms with E-state index in [4.69, 9.17) is 18.9 Å². The van der Waals surface area contributed by atoms with Gasteiger partial charge in [0.2, 0.25) is 0 Å². The Morgan fingerprint density at radius 1 is 0.778 bits per heavy atom. The Labute approximate surface area is 117 Å². The summed E-state index contributed by atoms with van der Waals surface area (Å²) in [6.45, 7) is 1.88. The minimum Gasteiger partial charge on any atom is -0.358 e. The quantitative estimate of drug-likeness (QED) is 0.356. The van der Waals surface area contributed by atoms with E-state index in [1.54, 1.807) is 28.4 Å². The van der Waals surface area contributed by atoms with Crippen LogP contribution in [0.4, 0.5) is 0 Å². The van der Waals surface area contributed by atoms with Gasteiger partial charge in [0.1, 0.15) is 10.8 Å². The smallest absolute Gasteiger partial charge is 0.142 e. The summed E-state index contributed by atoms with van der Waals surface area (Å²) in [5.74, 6) is 0. The molecule has 0 heterocycles. The molecule has 0 amide bonds. The predicted octanol–water partition coefficient (Wildman–Crippen LogP) is -1.68. The van der Waals surface area contributed by atoms with Crippen molar-refractivity contribution >= 4 is 20.5 Å². The molecule has 0 aromatic heterocycles. The highest BCUT2D eigenvalue weighted by Crippen LogP contribution is 2.14. The van der Waals surface area contributed by atoms with Crippen LogP contribution in [-0.4, -0.2) is 84.8 Å². The summed E-state index contributed by atoms with van der Waals surface area (Å²) in [6, 6.07) is 0. The first-order chi connectivity index (χ1) is 8.34. The first kappa shape index (κ1) is 18.2. The standard InChI is InChI=1S/C11H29NO4Si2/c1-12(8-6-10(17,13-2)14-3)9-7-11(18,15-4)16-5/h6-9H2,1-5,17-18H3. The van der Waals surface area contributed by atoms with E-state index in [0.717, 1.165) is 46.4 Å². The van der Waals surface area contributed by atoms with Crippen LogP contribution in [0.3, 0.4) is 0 Å². The number of hydrogen-bond acceptors (Lipinski definition) is 5. The maximum Gasteiger partial charge on any atom is 0.142 e. The van der Waals surface area contributed by atoms with Crippen LogP contribution in [0.1, 0.15) is 12.8 Å². The van der Waals surface area contributed by atoms with Crippen LogP contribution in [0.5, 0.6) is 0 Å². The number of ether oxygens (including phenoxy) is 4. The fraction of sp³-hybridized carbons (Fsp3) is 1.00. The van der Waals surface area contributed by atoms with Gasteiger partial charge in [-0.3, -0.25) is 0 Å². The summed E-state index contributed by atoms with van der Waals surface area (Å²) in [5, 5.41) is 0. The van der Waals surface area contributed by atoms with Gasteiger partial charge in [-0.2, -0.15) is 0 Å². The van der Waals surface area contributed by atoms with Crippen LogP contribution in [0.25, 0.3) is 0 Å². The minimum absolute atomic E-state index is 0.366. The average Bonchev–Trinajstić information content (AvgIpc) is 2.42. The molecule has 0 aliphatic rings. The van der Waals surface area contributed by atoms with Crippen molar-refractivity contribution in [2.75, 3.05) is 48.6 Å². The molecular weight excluding hydrogens is 266 g/mol. The van der Waals surface area contributed by atoms with Gasteiger partial charge in [0, 0.05) is 54.4 Å². The fourth-order valence-corrected chi connectivity index (χ4v) is 1.92. The summed E-state index contributed by atoms with van der Waals surface area (Å²) in [5.41, 5.74) is -0.732. The largest absolute Gasteiger partial charge is 0.358 e. The molecule has 0 aliphatic heterocycles. The molecule has 0 aromatic rings. The molecular formula is C11H29NO4Si2. The summed E-state index contributed by atoms with van der Waals surface area (Å²) >= 11 is 0. The average molecular weight is 296 g/mol. The van der Waals surface area contributed by atoms with E-state index in [0.29, 0.717) is 0 Å². The van der Waals surface area contributed by atoms with Crippen LogP contribution < -0.4 is 0 Å². The summed E-state index contributed by atoms with van der Waals surface area (Å²) in [6.07, 6.45) is 1.77. The zero-order valence-electron chi connectivity index (χ0n) is 12.9. The van der Waals surface area contributed by atoms with E-state index in [2.05, 4.69) is 11.9 Å². The number of methoxy groups -OCH3 is 4. The van der Waals surface area contributed by atoms with Gasteiger partial charge in [-0.1, -0.05) is 0 Å². The monoisotopic (exact) mass is 295 g/mol. The second-order valence-corrected chi connectivity index (χ2v) is 7.93. The molecule has 0 aromatic carbocycles. The molecule has 0 spiro atoms. The number of hydrogen-bond donors (Lipinski definition) is 0. The lowest BCUT2D eigenvalue weighted by Crippen LogP contribution is -2.41. The highest BCUT2D eigenvalue weighted by atomic mass is 28.2. The van der Waals surface area contributed by atoms with E-state index in [-0.39, 0.29) is 10.8 Å². The van der Waals surface area contributed by atoms with Gasteiger partial charge in [0.25, 0.3) is 0 Å². The van der Waals surface area contributed by atoms with Crippen LogP contribution in [0, 0.1) is 0 Å². The van der Waals surface area contributed by atoms with Crippen LogP contribution in [-0.2, 0) is 18.9 Å². The van der Waals surface area contributed by atoms with Crippen molar-refractivity contribution in [3.8, 4) is 0 Å². The lowest BCUT2D eigenvalue weighted by molar-refractivity contribution is -0.153. The van der Waals surface area contributed by atoms with E-state index in [1.807, 2.05) is 0 Å². The normalized spacial score (nSPS) is 13.7. The topological polar surface area (TPSA) is 40.2 Å². The SMILES string of the molecule is COC([SiH3])(CCN(C)CCC([SiH3])(OC)OC)OC. The van der Waals surface area contributed by atoms with Crippen molar-refractivity contribution in [2.45, 2.75) is 23.7 Å². The van der Waals surface area contributed by atoms with Crippen molar-refractivity contribution in [3.05, 3.63) is 0 Å². The highest BCUT2D eigenvalue weighted by molar-refractivity contribution is 6.13. The molecule has 0 aliphatic carbocycles. The molecule has 18 heavy (non-hydrogen) atoms. The Morgan fingerprint density at radius 3 is 1.28 bits per heavy atom. The lowest BCUT2D eigenvalue weighted by Gasteiger charge is -2.31. The molecule has 110 valence electrons. The molecule has 0 radical (unpaired) electrons. The Kier molecular flexibility index (Phi) is 8.52. The van der Waals surface area contributed by atoms with Crippen molar-refractivity contribution < 1.29 is 18.9 Å². The molecule has 0 atom stereocenters. The lowest BCUT2D eigenvalue weighted by atomic mass is 10.3. The molecule has 0 saturated carbocycles. The predicted molar refractivity (Wildman–Crippen MR) is 80.1 cm³/mol. The third-order valence-corrected chi connectivity index (χ3v) is 6.26. The summed E-state index contributed by atoms with van der Waals surface area (Å²) in [7, 11) is 10.6. The Bertz CT molecular complexity index is 201. The molecule has 0 rings (SSSR count). The number of nitrogens with zero attached hydrogens (tertiary/aromatic N) is 1. The third kappa shape index (κ3) is 6.41. The van der Waals surface area contributed by atoms with Gasteiger partial charge >= 0.3 is 0 Å². The number of rotatable bonds is 10. The van der Waals surface area contributed by atoms with Crippen molar-refractivity contribution in [3.63, 3.8) is 0 Å². The van der Waals surface area contributed by atoms with Gasteiger partial charge in [0.15, 0.2) is 0 Å². The van der Waals surface area contributed by atoms with Crippen LogP contribution in [0.2, 0.25) is 0 Å². The minimum atomic E-state index is -0.366. The van der Waals surface area contributed by atoms with Gasteiger partial charge in [-0.25, -0.2) is 0 Å². The van der Waals surface area contributed by atoms with Crippen molar-refractivity contribution in [2.24, 2.45) is 0 Å². The van der Waals surface area contributed by atoms with Gasteiger partial charge < -0.3 is 23.8 Å². The molecule has 0 fully saturated rings. The van der Waals surface area contributed by atoms with Gasteiger partial charge in [-0.15, -0.1) is 0 Å².